The molecule has 0 bridgehead atoms. The van der Waals surface area contributed by atoms with E-state index < -0.39 is 5.54 Å². The molecule has 0 aliphatic carbocycles. The summed E-state index contributed by atoms with van der Waals surface area (Å²) in [6.45, 7) is 6.77. The van der Waals surface area contributed by atoms with Crippen molar-refractivity contribution in [3.05, 3.63) is 23.8 Å². The highest BCUT2D eigenvalue weighted by atomic mass is 16.5. The zero-order chi connectivity index (χ0) is 12.6. The Morgan fingerprint density at radius 1 is 1.35 bits per heavy atom. The number of aryl methyl sites for hydroxylation is 1. The standard InChI is InChI=1S/C14H19NO2/c1-10-5-6-12(17-4)11(9-10)15-8-7-13(16)14(15,2)3/h5-6,9H,7-8H2,1-4H3. The summed E-state index contributed by atoms with van der Waals surface area (Å²) in [5, 5.41) is 0. The van der Waals surface area contributed by atoms with Gasteiger partial charge in [0.05, 0.1) is 18.3 Å². The predicted octanol–water partition coefficient (Wildman–Crippen LogP) is 2.56. The molecule has 1 aliphatic rings. The third-order valence-corrected chi connectivity index (χ3v) is 3.54. The molecule has 1 heterocycles. The predicted molar refractivity (Wildman–Crippen MR) is 68.8 cm³/mol. The molecule has 0 aromatic heterocycles. The Kier molecular flexibility index (Phi) is 2.86. The van der Waals surface area contributed by atoms with E-state index in [0.717, 1.165) is 18.0 Å². The van der Waals surface area contributed by atoms with Crippen LogP contribution in [-0.4, -0.2) is 25.0 Å². The van der Waals surface area contributed by atoms with Crippen LogP contribution in [0.4, 0.5) is 5.69 Å². The molecule has 0 amide bonds. The first-order chi connectivity index (χ1) is 7.96. The molecule has 0 saturated carbocycles. The van der Waals surface area contributed by atoms with Crippen LogP contribution in [-0.2, 0) is 4.79 Å². The van der Waals surface area contributed by atoms with E-state index in [0.29, 0.717) is 12.2 Å². The second kappa shape index (κ2) is 4.06. The van der Waals surface area contributed by atoms with Gasteiger partial charge in [-0.2, -0.15) is 0 Å². The number of hydrogen-bond donors (Lipinski definition) is 0. The number of hydrogen-bond acceptors (Lipinski definition) is 3. The van der Waals surface area contributed by atoms with Gasteiger partial charge in [0.1, 0.15) is 5.75 Å². The highest BCUT2D eigenvalue weighted by Crippen LogP contribution is 2.37. The van der Waals surface area contributed by atoms with E-state index in [9.17, 15) is 4.79 Å². The molecule has 17 heavy (non-hydrogen) atoms. The van der Waals surface area contributed by atoms with Gasteiger partial charge in [-0.25, -0.2) is 0 Å². The zero-order valence-corrected chi connectivity index (χ0v) is 10.9. The first-order valence-electron chi connectivity index (χ1n) is 5.92. The van der Waals surface area contributed by atoms with Crippen molar-refractivity contribution in [3.63, 3.8) is 0 Å². The molecule has 1 saturated heterocycles. The van der Waals surface area contributed by atoms with Gasteiger partial charge in [-0.3, -0.25) is 4.79 Å². The summed E-state index contributed by atoms with van der Waals surface area (Å²) in [4.78, 5) is 14.0. The molecular weight excluding hydrogens is 214 g/mol. The van der Waals surface area contributed by atoms with E-state index in [-0.39, 0.29) is 0 Å². The fourth-order valence-corrected chi connectivity index (χ4v) is 2.38. The Labute approximate surface area is 102 Å². The number of benzene rings is 1. The monoisotopic (exact) mass is 233 g/mol. The maximum Gasteiger partial charge on any atom is 0.159 e. The van der Waals surface area contributed by atoms with Crippen molar-refractivity contribution >= 4 is 11.5 Å². The largest absolute Gasteiger partial charge is 0.495 e. The van der Waals surface area contributed by atoms with Gasteiger partial charge < -0.3 is 9.64 Å². The van der Waals surface area contributed by atoms with Crippen molar-refractivity contribution in [1.82, 2.24) is 0 Å². The average Bonchev–Trinajstić information content (AvgIpc) is 2.54. The van der Waals surface area contributed by atoms with E-state index in [4.69, 9.17) is 4.74 Å². The number of methoxy groups -OCH3 is 1. The molecule has 1 aliphatic heterocycles. The lowest BCUT2D eigenvalue weighted by molar-refractivity contribution is -0.120. The number of carbonyl (C=O) groups is 1. The maximum atomic E-state index is 11.9. The maximum absolute atomic E-state index is 11.9. The molecule has 92 valence electrons. The van der Waals surface area contributed by atoms with E-state index in [1.54, 1.807) is 7.11 Å². The van der Waals surface area contributed by atoms with Crippen LogP contribution in [0, 0.1) is 6.92 Å². The molecule has 0 atom stereocenters. The smallest absolute Gasteiger partial charge is 0.159 e. The highest BCUT2D eigenvalue weighted by molar-refractivity contribution is 5.95. The van der Waals surface area contributed by atoms with Crippen LogP contribution in [0.2, 0.25) is 0 Å². The fourth-order valence-electron chi connectivity index (χ4n) is 2.38. The number of carbonyl (C=O) groups excluding carboxylic acids is 1. The third kappa shape index (κ3) is 1.90. The second-order valence-electron chi connectivity index (χ2n) is 5.06. The van der Waals surface area contributed by atoms with Crippen molar-refractivity contribution in [3.8, 4) is 5.75 Å². The van der Waals surface area contributed by atoms with Gasteiger partial charge in [-0.1, -0.05) is 6.07 Å². The van der Waals surface area contributed by atoms with Gasteiger partial charge in [0.15, 0.2) is 5.78 Å². The van der Waals surface area contributed by atoms with Gasteiger partial charge in [-0.15, -0.1) is 0 Å². The van der Waals surface area contributed by atoms with Gasteiger partial charge in [-0.05, 0) is 38.5 Å². The quantitative estimate of drug-likeness (QED) is 0.786. The van der Waals surface area contributed by atoms with E-state index in [2.05, 4.69) is 11.0 Å². The summed E-state index contributed by atoms with van der Waals surface area (Å²) in [6.07, 6.45) is 0.615. The van der Waals surface area contributed by atoms with Crippen LogP contribution in [0.1, 0.15) is 25.8 Å². The van der Waals surface area contributed by atoms with Crippen LogP contribution in [0.25, 0.3) is 0 Å². The molecule has 0 N–H and O–H groups in total. The van der Waals surface area contributed by atoms with E-state index >= 15 is 0 Å². The van der Waals surface area contributed by atoms with Crippen LogP contribution < -0.4 is 9.64 Å². The normalized spacial score (nSPS) is 18.6. The van der Waals surface area contributed by atoms with Crippen molar-refractivity contribution in [1.29, 1.82) is 0 Å². The Hall–Kier alpha value is -1.51. The summed E-state index contributed by atoms with van der Waals surface area (Å²) in [6, 6.07) is 6.07. The summed E-state index contributed by atoms with van der Waals surface area (Å²) in [5.41, 5.74) is 1.76. The number of Topliss-reactive ketones (excluding diaryl/α,β-unsaturated/α-hetero) is 1. The fraction of sp³-hybridized carbons (Fsp3) is 0.500. The average molecular weight is 233 g/mol. The molecule has 3 heteroatoms. The summed E-state index contributed by atoms with van der Waals surface area (Å²) in [5.74, 6) is 1.12. The Morgan fingerprint density at radius 2 is 2.06 bits per heavy atom. The first kappa shape index (κ1) is 12.0. The van der Waals surface area contributed by atoms with Crippen LogP contribution >= 0.6 is 0 Å². The topological polar surface area (TPSA) is 29.5 Å². The Balaban J connectivity index is 2.47. The molecule has 1 aromatic rings. The summed E-state index contributed by atoms with van der Waals surface area (Å²) >= 11 is 0. The number of rotatable bonds is 2. The number of ketones is 1. The minimum absolute atomic E-state index is 0.293. The van der Waals surface area contributed by atoms with Crippen LogP contribution in [0.5, 0.6) is 5.75 Å². The van der Waals surface area contributed by atoms with Crippen molar-refractivity contribution in [2.75, 3.05) is 18.6 Å². The van der Waals surface area contributed by atoms with Gasteiger partial charge in [0, 0.05) is 13.0 Å². The SMILES string of the molecule is COc1ccc(C)cc1N1CCC(=O)C1(C)C. The minimum Gasteiger partial charge on any atom is -0.495 e. The van der Waals surface area contributed by atoms with Gasteiger partial charge >= 0.3 is 0 Å². The van der Waals surface area contributed by atoms with Crippen molar-refractivity contribution in [2.24, 2.45) is 0 Å². The minimum atomic E-state index is -0.429. The first-order valence-corrected chi connectivity index (χ1v) is 5.92. The number of nitrogens with zero attached hydrogens (tertiary/aromatic N) is 1. The lowest BCUT2D eigenvalue weighted by Gasteiger charge is -2.33. The van der Waals surface area contributed by atoms with E-state index in [1.807, 2.05) is 32.9 Å². The molecule has 0 unspecified atom stereocenters. The zero-order valence-electron chi connectivity index (χ0n) is 10.9. The number of anilines is 1. The lowest BCUT2D eigenvalue weighted by atomic mass is 9.99. The molecular formula is C14H19NO2. The highest BCUT2D eigenvalue weighted by Gasteiger charge is 2.41. The van der Waals surface area contributed by atoms with Gasteiger partial charge in [0.2, 0.25) is 0 Å². The van der Waals surface area contributed by atoms with E-state index in [1.165, 1.54) is 5.56 Å². The molecule has 1 fully saturated rings. The summed E-state index contributed by atoms with van der Waals surface area (Å²) in [7, 11) is 1.67. The molecule has 2 rings (SSSR count). The second-order valence-corrected chi connectivity index (χ2v) is 5.06. The molecule has 3 nitrogen and oxygen atoms in total. The molecule has 1 aromatic carbocycles. The Bertz CT molecular complexity index is 452. The van der Waals surface area contributed by atoms with Gasteiger partial charge in [0.25, 0.3) is 0 Å². The van der Waals surface area contributed by atoms with Crippen molar-refractivity contribution in [2.45, 2.75) is 32.7 Å². The number of ether oxygens (including phenoxy) is 1. The Morgan fingerprint density at radius 3 is 2.59 bits per heavy atom. The lowest BCUT2D eigenvalue weighted by Crippen LogP contribution is -2.43. The van der Waals surface area contributed by atoms with Crippen LogP contribution in [0.3, 0.4) is 0 Å². The molecule has 0 spiro atoms. The van der Waals surface area contributed by atoms with Crippen molar-refractivity contribution < 1.29 is 9.53 Å². The molecule has 0 radical (unpaired) electrons. The van der Waals surface area contributed by atoms with Crippen LogP contribution in [0.15, 0.2) is 18.2 Å². The summed E-state index contributed by atoms with van der Waals surface area (Å²) < 4.78 is 5.39. The third-order valence-electron chi connectivity index (χ3n) is 3.54.